The highest BCUT2D eigenvalue weighted by atomic mass is 19.1. The molecule has 3 aromatic heterocycles. The third-order valence-corrected chi connectivity index (χ3v) is 4.97. The molecule has 0 saturated carbocycles. The van der Waals surface area contributed by atoms with Gasteiger partial charge in [0.1, 0.15) is 17.3 Å². The van der Waals surface area contributed by atoms with Gasteiger partial charge < -0.3 is 10.4 Å². The van der Waals surface area contributed by atoms with Gasteiger partial charge in [-0.2, -0.15) is 5.10 Å². The third kappa shape index (κ3) is 4.57. The van der Waals surface area contributed by atoms with Crippen LogP contribution < -0.4 is 10.6 Å². The number of nitrogens with zero attached hydrogens (tertiary/aromatic N) is 4. The summed E-state index contributed by atoms with van der Waals surface area (Å²) in [6.07, 6.45) is 4.57. The molecule has 2 amide bonds. The molecular weight excluding hydrogens is 411 g/mol. The van der Waals surface area contributed by atoms with Crippen molar-refractivity contribution >= 4 is 17.5 Å². The number of nitrogens with one attached hydrogen (secondary N) is 2. The molecule has 0 aliphatic carbocycles. The Balaban J connectivity index is 1.69. The topological polar surface area (TPSA) is 104 Å². The molecule has 0 aliphatic heterocycles. The molecule has 0 atom stereocenters. The number of fused-ring (bicyclic) bond motifs is 1. The third-order valence-electron chi connectivity index (χ3n) is 4.97. The SMILES string of the molecule is Cc1cc(-c2nc3cccnn3c2-c2ccnc(NC(=O)NCCCCO)c2)ccc1F. The largest absolute Gasteiger partial charge is 0.396 e. The number of imidazole rings is 1. The molecule has 0 saturated heterocycles. The molecule has 8 nitrogen and oxygen atoms in total. The molecular formula is C23H23FN6O2. The first-order chi connectivity index (χ1) is 15.6. The lowest BCUT2D eigenvalue weighted by Gasteiger charge is -2.09. The molecule has 164 valence electrons. The maximum absolute atomic E-state index is 13.8. The zero-order valence-corrected chi connectivity index (χ0v) is 17.5. The van der Waals surface area contributed by atoms with Crippen molar-refractivity contribution < 1.29 is 14.3 Å². The smallest absolute Gasteiger partial charge is 0.320 e. The van der Waals surface area contributed by atoms with Crippen molar-refractivity contribution in [3.8, 4) is 22.5 Å². The van der Waals surface area contributed by atoms with E-state index in [2.05, 4.69) is 20.7 Å². The summed E-state index contributed by atoms with van der Waals surface area (Å²) in [7, 11) is 0. The van der Waals surface area contributed by atoms with E-state index in [1.807, 2.05) is 12.1 Å². The first-order valence-electron chi connectivity index (χ1n) is 10.3. The molecule has 3 heterocycles. The fourth-order valence-corrected chi connectivity index (χ4v) is 3.39. The predicted octanol–water partition coefficient (Wildman–Crippen LogP) is 3.80. The molecule has 4 rings (SSSR count). The number of halogens is 1. The number of hydrogen-bond acceptors (Lipinski definition) is 5. The van der Waals surface area contributed by atoms with Crippen LogP contribution in [0.25, 0.3) is 28.2 Å². The molecule has 0 fully saturated rings. The number of benzene rings is 1. The van der Waals surface area contributed by atoms with E-state index in [0.29, 0.717) is 47.8 Å². The molecule has 32 heavy (non-hydrogen) atoms. The molecule has 3 N–H and O–H groups in total. The normalized spacial score (nSPS) is 11.0. The van der Waals surface area contributed by atoms with E-state index in [0.717, 1.165) is 11.1 Å². The highest BCUT2D eigenvalue weighted by Gasteiger charge is 2.18. The molecule has 9 heteroatoms. The van der Waals surface area contributed by atoms with Crippen molar-refractivity contribution in [3.63, 3.8) is 0 Å². The number of carbonyl (C=O) groups is 1. The van der Waals surface area contributed by atoms with Crippen molar-refractivity contribution in [3.05, 3.63) is 66.2 Å². The van der Waals surface area contributed by atoms with Gasteiger partial charge in [-0.05, 0) is 67.8 Å². The first-order valence-corrected chi connectivity index (χ1v) is 10.3. The average molecular weight is 434 g/mol. The molecule has 0 aliphatic rings. The summed E-state index contributed by atoms with van der Waals surface area (Å²) in [5.41, 5.74) is 4.04. The van der Waals surface area contributed by atoms with E-state index in [1.165, 1.54) is 6.07 Å². The summed E-state index contributed by atoms with van der Waals surface area (Å²) < 4.78 is 15.6. The van der Waals surface area contributed by atoms with Crippen LogP contribution in [0.15, 0.2) is 54.9 Å². The van der Waals surface area contributed by atoms with Crippen LogP contribution in [-0.2, 0) is 0 Å². The Morgan fingerprint density at radius 1 is 1.12 bits per heavy atom. The molecule has 1 aromatic carbocycles. The Morgan fingerprint density at radius 3 is 2.81 bits per heavy atom. The zero-order chi connectivity index (χ0) is 22.5. The second-order valence-electron chi connectivity index (χ2n) is 7.31. The lowest BCUT2D eigenvalue weighted by molar-refractivity contribution is 0.250. The quantitative estimate of drug-likeness (QED) is 0.384. The summed E-state index contributed by atoms with van der Waals surface area (Å²) >= 11 is 0. The fraction of sp³-hybridized carbons (Fsp3) is 0.217. The van der Waals surface area contributed by atoms with E-state index >= 15 is 0 Å². The van der Waals surface area contributed by atoms with E-state index in [1.54, 1.807) is 48.1 Å². The maximum atomic E-state index is 13.8. The Morgan fingerprint density at radius 2 is 2.00 bits per heavy atom. The van der Waals surface area contributed by atoms with E-state index < -0.39 is 0 Å². The van der Waals surface area contributed by atoms with Crippen molar-refractivity contribution in [1.82, 2.24) is 24.9 Å². The van der Waals surface area contributed by atoms with Gasteiger partial charge in [-0.15, -0.1) is 0 Å². The van der Waals surface area contributed by atoms with Gasteiger partial charge in [0.2, 0.25) is 0 Å². The number of aliphatic hydroxyl groups is 1. The van der Waals surface area contributed by atoms with Gasteiger partial charge >= 0.3 is 6.03 Å². The number of anilines is 1. The average Bonchev–Trinajstić information content (AvgIpc) is 3.18. The number of hydrogen-bond donors (Lipinski definition) is 3. The summed E-state index contributed by atoms with van der Waals surface area (Å²) in [4.78, 5) is 21.1. The van der Waals surface area contributed by atoms with Crippen LogP contribution in [0.4, 0.5) is 15.0 Å². The van der Waals surface area contributed by atoms with E-state index in [4.69, 9.17) is 10.1 Å². The van der Waals surface area contributed by atoms with Gasteiger partial charge in [-0.25, -0.2) is 23.7 Å². The Bertz CT molecular complexity index is 1260. The highest BCUT2D eigenvalue weighted by molar-refractivity contribution is 5.89. The minimum absolute atomic E-state index is 0.0934. The van der Waals surface area contributed by atoms with Gasteiger partial charge in [-0.1, -0.05) is 0 Å². The Kier molecular flexibility index (Phi) is 6.37. The van der Waals surface area contributed by atoms with Crippen LogP contribution in [0, 0.1) is 12.7 Å². The zero-order valence-electron chi connectivity index (χ0n) is 17.5. The molecule has 4 aromatic rings. The van der Waals surface area contributed by atoms with Crippen molar-refractivity contribution in [2.75, 3.05) is 18.5 Å². The number of urea groups is 1. The summed E-state index contributed by atoms with van der Waals surface area (Å²) in [6, 6.07) is 11.7. The van der Waals surface area contributed by atoms with Crippen LogP contribution in [0.1, 0.15) is 18.4 Å². The maximum Gasteiger partial charge on any atom is 0.320 e. The van der Waals surface area contributed by atoms with E-state index in [-0.39, 0.29) is 18.5 Å². The van der Waals surface area contributed by atoms with Gasteiger partial charge in [0, 0.05) is 36.7 Å². The molecule has 0 bridgehead atoms. The van der Waals surface area contributed by atoms with Crippen molar-refractivity contribution in [1.29, 1.82) is 0 Å². The lowest BCUT2D eigenvalue weighted by atomic mass is 10.0. The second kappa shape index (κ2) is 9.52. The number of rotatable bonds is 7. The number of aliphatic hydroxyl groups excluding tert-OH is 1. The van der Waals surface area contributed by atoms with Crippen molar-refractivity contribution in [2.45, 2.75) is 19.8 Å². The second-order valence-corrected chi connectivity index (χ2v) is 7.31. The number of unbranched alkanes of at least 4 members (excludes halogenated alkanes) is 1. The van der Waals surface area contributed by atoms with Crippen LogP contribution in [0.3, 0.4) is 0 Å². The highest BCUT2D eigenvalue weighted by Crippen LogP contribution is 2.33. The predicted molar refractivity (Wildman–Crippen MR) is 120 cm³/mol. The number of carbonyl (C=O) groups excluding carboxylic acids is 1. The summed E-state index contributed by atoms with van der Waals surface area (Å²) in [5.74, 6) is 0.0897. The summed E-state index contributed by atoms with van der Waals surface area (Å²) in [6.45, 7) is 2.26. The van der Waals surface area contributed by atoms with Crippen LogP contribution in [0.5, 0.6) is 0 Å². The Labute approximate surface area is 184 Å². The minimum Gasteiger partial charge on any atom is -0.396 e. The van der Waals surface area contributed by atoms with Gasteiger partial charge in [0.15, 0.2) is 5.65 Å². The van der Waals surface area contributed by atoms with Crippen LogP contribution in [-0.4, -0.2) is 43.9 Å². The lowest BCUT2D eigenvalue weighted by Crippen LogP contribution is -2.29. The minimum atomic E-state index is -0.377. The number of aryl methyl sites for hydroxylation is 1. The Hall–Kier alpha value is -3.85. The monoisotopic (exact) mass is 434 g/mol. The molecule has 0 radical (unpaired) electrons. The van der Waals surface area contributed by atoms with E-state index in [9.17, 15) is 9.18 Å². The van der Waals surface area contributed by atoms with Gasteiger partial charge in [0.25, 0.3) is 0 Å². The fourth-order valence-electron chi connectivity index (χ4n) is 3.39. The van der Waals surface area contributed by atoms with Crippen LogP contribution >= 0.6 is 0 Å². The summed E-state index contributed by atoms with van der Waals surface area (Å²) in [5, 5.41) is 18.7. The number of amides is 2. The number of pyridine rings is 1. The van der Waals surface area contributed by atoms with Gasteiger partial charge in [-0.3, -0.25) is 5.32 Å². The first kappa shape index (κ1) is 21.4. The standard InChI is InChI=1S/C23H23FN6O2/c1-15-13-16(6-7-18(15)24)21-22(30-20(29-21)5-4-10-27-30)17-8-11-25-19(14-17)28-23(32)26-9-2-3-12-31/h4-8,10-11,13-14,31H,2-3,9,12H2,1H3,(H2,25,26,28,32). The number of aromatic nitrogens is 4. The molecule has 0 unspecified atom stereocenters. The van der Waals surface area contributed by atoms with Gasteiger partial charge in [0.05, 0.1) is 5.69 Å². The van der Waals surface area contributed by atoms with Crippen molar-refractivity contribution in [2.24, 2.45) is 0 Å². The van der Waals surface area contributed by atoms with Crippen LogP contribution in [0.2, 0.25) is 0 Å². The molecule has 0 spiro atoms.